The van der Waals surface area contributed by atoms with E-state index in [4.69, 9.17) is 9.47 Å². The van der Waals surface area contributed by atoms with Gasteiger partial charge in [-0.25, -0.2) is 0 Å². The molecule has 0 radical (unpaired) electrons. The van der Waals surface area contributed by atoms with Crippen LogP contribution in [0.25, 0.3) is 0 Å². The van der Waals surface area contributed by atoms with E-state index in [0.29, 0.717) is 38.9 Å². The number of carbonyl (C=O) groups excluding carboxylic acids is 2. The van der Waals surface area contributed by atoms with Crippen molar-refractivity contribution in [2.24, 2.45) is 0 Å². The van der Waals surface area contributed by atoms with Crippen molar-refractivity contribution in [3.05, 3.63) is 68.8 Å². The number of aryl methyl sites for hydroxylation is 2. The fourth-order valence-corrected chi connectivity index (χ4v) is 6.34. The van der Waals surface area contributed by atoms with E-state index in [1.54, 1.807) is 0 Å². The Morgan fingerprint density at radius 1 is 0.489 bits per heavy atom. The number of ether oxygens (including phenoxy) is 2. The summed E-state index contributed by atoms with van der Waals surface area (Å²) in [6.07, 6.45) is 4.50. The molecule has 0 aliphatic rings. The molecule has 2 rings (SSSR count). The molecule has 0 atom stereocenters. The van der Waals surface area contributed by atoms with Crippen LogP contribution in [-0.4, -0.2) is 25.2 Å². The molecule has 0 unspecified atom stereocenters. The van der Waals surface area contributed by atoms with Gasteiger partial charge in [0, 0.05) is 12.8 Å². The lowest BCUT2D eigenvalue weighted by atomic mass is 9.75. The van der Waals surface area contributed by atoms with Gasteiger partial charge < -0.3 is 9.47 Å². The molecule has 0 aliphatic carbocycles. The van der Waals surface area contributed by atoms with Crippen LogP contribution in [-0.2, 0) is 53.6 Å². The first-order chi connectivity index (χ1) is 20.5. The van der Waals surface area contributed by atoms with Crippen molar-refractivity contribution in [3.8, 4) is 0 Å². The number of benzene rings is 2. The zero-order valence-electron chi connectivity index (χ0n) is 31.3. The summed E-state index contributed by atoms with van der Waals surface area (Å²) >= 11 is 0. The summed E-state index contributed by atoms with van der Waals surface area (Å²) < 4.78 is 11.1. The Hall–Kier alpha value is -2.62. The molecule has 4 heteroatoms. The fourth-order valence-electron chi connectivity index (χ4n) is 6.34. The number of carbonyl (C=O) groups is 2. The Labute approximate surface area is 276 Å². The molecule has 0 amide bonds. The third kappa shape index (κ3) is 11.9. The molecule has 252 valence electrons. The van der Waals surface area contributed by atoms with Crippen molar-refractivity contribution in [2.45, 2.75) is 164 Å². The molecule has 0 N–H and O–H groups in total. The Kier molecular flexibility index (Phi) is 13.1. The molecule has 45 heavy (non-hydrogen) atoms. The molecule has 0 fully saturated rings. The second kappa shape index (κ2) is 15.3. The molecule has 0 aromatic heterocycles. The molecule has 2 aromatic rings. The van der Waals surface area contributed by atoms with E-state index in [0.717, 1.165) is 19.3 Å². The molecular formula is C41H64O4. The maximum absolute atomic E-state index is 12.5. The Balaban J connectivity index is 1.75. The van der Waals surface area contributed by atoms with Gasteiger partial charge >= 0.3 is 11.9 Å². The Morgan fingerprint density at radius 2 is 0.756 bits per heavy atom. The number of unbranched alkanes of at least 4 members (excludes halogenated alkanes) is 2. The third-order valence-electron chi connectivity index (χ3n) is 8.72. The molecule has 0 spiro atoms. The molecule has 0 bridgehead atoms. The zero-order chi connectivity index (χ0) is 34.4. The minimum atomic E-state index is -0.156. The van der Waals surface area contributed by atoms with Gasteiger partial charge in [-0.3, -0.25) is 9.59 Å². The summed E-state index contributed by atoms with van der Waals surface area (Å²) in [4.78, 5) is 25.0. The predicted molar refractivity (Wildman–Crippen MR) is 190 cm³/mol. The normalized spacial score (nSPS) is 12.8. The Morgan fingerprint density at radius 3 is 1.00 bits per heavy atom. The van der Waals surface area contributed by atoms with Crippen molar-refractivity contribution in [3.63, 3.8) is 0 Å². The van der Waals surface area contributed by atoms with Crippen LogP contribution in [0.1, 0.15) is 160 Å². The van der Waals surface area contributed by atoms with E-state index in [1.165, 1.54) is 44.5 Å². The minimum Gasteiger partial charge on any atom is -0.466 e. The first-order valence-corrected chi connectivity index (χ1v) is 17.1. The molecule has 2 aromatic carbocycles. The van der Waals surface area contributed by atoms with E-state index >= 15 is 0 Å². The van der Waals surface area contributed by atoms with Gasteiger partial charge in [0.25, 0.3) is 0 Å². The van der Waals surface area contributed by atoms with Crippen LogP contribution in [0.3, 0.4) is 0 Å². The highest BCUT2D eigenvalue weighted by atomic mass is 16.5. The van der Waals surface area contributed by atoms with Crippen molar-refractivity contribution in [1.82, 2.24) is 0 Å². The highest BCUT2D eigenvalue weighted by molar-refractivity contribution is 5.70. The summed E-state index contributed by atoms with van der Waals surface area (Å²) in [6, 6.07) is 9.08. The van der Waals surface area contributed by atoms with Gasteiger partial charge in [-0.2, -0.15) is 0 Å². The van der Waals surface area contributed by atoms with Crippen LogP contribution in [0, 0.1) is 13.8 Å². The first-order valence-electron chi connectivity index (χ1n) is 17.1. The monoisotopic (exact) mass is 620 g/mol. The predicted octanol–water partition coefficient (Wildman–Crippen LogP) is 10.3. The molecule has 4 nitrogen and oxygen atoms in total. The quantitative estimate of drug-likeness (QED) is 0.175. The molecule has 0 saturated heterocycles. The standard InChI is InChI=1S/C41H64O4/c1-28-32(38(3,4)5)24-30(25-33(28)39(6,7)8)18-20-36(42)44-22-16-15-17-23-45-37(43)21-19-31-26-34(40(9,10)11)29(2)35(27-31)41(12,13)14/h24-27H,15-23H2,1-14H3. The SMILES string of the molecule is Cc1c(C(C)(C)C)cc(CCC(=O)OCCCCCOC(=O)CCc2cc(C(C)(C)C)c(C)c(C(C)(C)C)c2)cc1C(C)(C)C. The van der Waals surface area contributed by atoms with Crippen LogP contribution >= 0.6 is 0 Å². The van der Waals surface area contributed by atoms with Crippen LogP contribution in [0.5, 0.6) is 0 Å². The summed E-state index contributed by atoms with van der Waals surface area (Å²) in [5.41, 5.74) is 10.6. The number of hydrogen-bond donors (Lipinski definition) is 0. The molecular weight excluding hydrogens is 556 g/mol. The Bertz CT molecular complexity index is 1130. The molecule has 0 aliphatic heterocycles. The summed E-state index contributed by atoms with van der Waals surface area (Å²) in [5, 5.41) is 0. The third-order valence-corrected chi connectivity index (χ3v) is 8.72. The smallest absolute Gasteiger partial charge is 0.306 e. The molecule has 0 heterocycles. The number of hydrogen-bond acceptors (Lipinski definition) is 4. The minimum absolute atomic E-state index is 0.0440. The van der Waals surface area contributed by atoms with Crippen molar-refractivity contribution in [1.29, 1.82) is 0 Å². The second-order valence-electron chi connectivity index (χ2n) is 17.1. The lowest BCUT2D eigenvalue weighted by Gasteiger charge is -2.30. The fraction of sp³-hybridized carbons (Fsp3) is 0.659. The highest BCUT2D eigenvalue weighted by Crippen LogP contribution is 2.36. The van der Waals surface area contributed by atoms with Crippen molar-refractivity contribution < 1.29 is 19.1 Å². The second-order valence-corrected chi connectivity index (χ2v) is 17.1. The topological polar surface area (TPSA) is 52.6 Å². The first kappa shape index (κ1) is 38.6. The van der Waals surface area contributed by atoms with Crippen molar-refractivity contribution >= 4 is 11.9 Å². The van der Waals surface area contributed by atoms with Gasteiger partial charge in [0.2, 0.25) is 0 Å². The largest absolute Gasteiger partial charge is 0.466 e. The van der Waals surface area contributed by atoms with Crippen LogP contribution in [0.2, 0.25) is 0 Å². The van der Waals surface area contributed by atoms with Gasteiger partial charge in [0.05, 0.1) is 13.2 Å². The van der Waals surface area contributed by atoms with Crippen molar-refractivity contribution in [2.75, 3.05) is 13.2 Å². The average molecular weight is 621 g/mol. The highest BCUT2D eigenvalue weighted by Gasteiger charge is 2.26. The van der Waals surface area contributed by atoms with E-state index < -0.39 is 0 Å². The van der Waals surface area contributed by atoms with Crippen LogP contribution in [0.15, 0.2) is 24.3 Å². The lowest BCUT2D eigenvalue weighted by Crippen LogP contribution is -2.20. The van der Waals surface area contributed by atoms with Gasteiger partial charge in [0.15, 0.2) is 0 Å². The van der Waals surface area contributed by atoms with Crippen LogP contribution in [0.4, 0.5) is 0 Å². The lowest BCUT2D eigenvalue weighted by molar-refractivity contribution is -0.144. The molecule has 0 saturated carbocycles. The summed E-state index contributed by atoms with van der Waals surface area (Å²) in [5.74, 6) is -0.311. The van der Waals surface area contributed by atoms with E-state index in [9.17, 15) is 9.59 Å². The average Bonchev–Trinajstić information content (AvgIpc) is 2.88. The number of esters is 2. The van der Waals surface area contributed by atoms with Gasteiger partial charge in [-0.05, 0) is 112 Å². The van der Waals surface area contributed by atoms with E-state index in [1.807, 2.05) is 0 Å². The van der Waals surface area contributed by atoms with Gasteiger partial charge in [-0.15, -0.1) is 0 Å². The number of rotatable bonds is 12. The summed E-state index contributed by atoms with van der Waals surface area (Å²) in [6.45, 7) is 32.2. The zero-order valence-corrected chi connectivity index (χ0v) is 31.3. The maximum Gasteiger partial charge on any atom is 0.306 e. The van der Waals surface area contributed by atoms with Gasteiger partial charge in [0.1, 0.15) is 0 Å². The van der Waals surface area contributed by atoms with E-state index in [-0.39, 0.29) is 33.6 Å². The van der Waals surface area contributed by atoms with Gasteiger partial charge in [-0.1, -0.05) is 107 Å². The van der Waals surface area contributed by atoms with E-state index in [2.05, 4.69) is 121 Å². The van der Waals surface area contributed by atoms with Crippen LogP contribution < -0.4 is 0 Å². The summed E-state index contributed by atoms with van der Waals surface area (Å²) in [7, 11) is 0. The maximum atomic E-state index is 12.5.